The maximum atomic E-state index is 14.3. The van der Waals surface area contributed by atoms with E-state index in [-0.39, 0.29) is 23.8 Å². The number of hydroxylamine groups is 2. The van der Waals surface area contributed by atoms with Gasteiger partial charge in [-0.15, -0.1) is 5.06 Å². The lowest BCUT2D eigenvalue weighted by atomic mass is 9.98. The molecule has 1 aromatic rings. The van der Waals surface area contributed by atoms with Crippen LogP contribution in [0.5, 0.6) is 0 Å². The number of hydrogen-bond donors (Lipinski definition) is 1. The summed E-state index contributed by atoms with van der Waals surface area (Å²) >= 11 is 0. The van der Waals surface area contributed by atoms with E-state index < -0.39 is 17.0 Å². The number of benzene rings is 1. The van der Waals surface area contributed by atoms with Crippen molar-refractivity contribution in [1.82, 2.24) is 5.06 Å². The van der Waals surface area contributed by atoms with Crippen LogP contribution in [-0.2, 0) is 16.1 Å². The Morgan fingerprint density at radius 1 is 1.17 bits per heavy atom. The van der Waals surface area contributed by atoms with Crippen molar-refractivity contribution in [2.75, 3.05) is 37.6 Å². The van der Waals surface area contributed by atoms with Gasteiger partial charge in [-0.1, -0.05) is 6.07 Å². The zero-order valence-electron chi connectivity index (χ0n) is 14.4. The molecule has 7 heteroatoms. The molecule has 0 bridgehead atoms. The summed E-state index contributed by atoms with van der Waals surface area (Å²) in [6.45, 7) is 7.40. The summed E-state index contributed by atoms with van der Waals surface area (Å²) in [5.74, 6) is -1.99. The van der Waals surface area contributed by atoms with Crippen molar-refractivity contribution in [1.29, 1.82) is 0 Å². The minimum absolute atomic E-state index is 0.232. The summed E-state index contributed by atoms with van der Waals surface area (Å²) in [5.41, 5.74) is 5.34. The molecular weight excluding hydrogens is 316 g/mol. The molecule has 0 aliphatic carbocycles. The van der Waals surface area contributed by atoms with Gasteiger partial charge in [0.1, 0.15) is 0 Å². The number of nitrogens with zero attached hydrogens (tertiary/aromatic N) is 2. The van der Waals surface area contributed by atoms with Crippen LogP contribution in [0.4, 0.5) is 14.5 Å². The maximum Gasteiger partial charge on any atom is 0.330 e. The average molecular weight is 341 g/mol. The number of hydrogen-bond acceptors (Lipinski definition) is 5. The molecule has 24 heavy (non-hydrogen) atoms. The molecule has 5 nitrogen and oxygen atoms in total. The third-order valence-corrected chi connectivity index (χ3v) is 3.96. The third-order valence-electron chi connectivity index (χ3n) is 3.96. The zero-order chi connectivity index (χ0) is 17.9. The topological polar surface area (TPSA) is 58.8 Å². The largest absolute Gasteiger partial charge is 0.367 e. The van der Waals surface area contributed by atoms with Crippen LogP contribution >= 0.6 is 0 Å². The van der Waals surface area contributed by atoms with E-state index in [1.54, 1.807) is 42.9 Å². The molecule has 0 unspecified atom stereocenters. The fourth-order valence-corrected chi connectivity index (χ4v) is 2.45. The van der Waals surface area contributed by atoms with Crippen LogP contribution in [-0.4, -0.2) is 43.8 Å². The Morgan fingerprint density at radius 2 is 1.79 bits per heavy atom. The fourth-order valence-electron chi connectivity index (χ4n) is 2.45. The highest BCUT2D eigenvalue weighted by Gasteiger charge is 2.28. The van der Waals surface area contributed by atoms with Crippen LogP contribution in [0.3, 0.4) is 0 Å². The molecule has 0 radical (unpaired) electrons. The maximum absolute atomic E-state index is 14.3. The second-order valence-corrected chi connectivity index (χ2v) is 6.96. The highest BCUT2D eigenvalue weighted by Crippen LogP contribution is 2.26. The van der Waals surface area contributed by atoms with E-state index >= 15 is 0 Å². The highest BCUT2D eigenvalue weighted by molar-refractivity contribution is 5.75. The second kappa shape index (κ2) is 7.44. The molecule has 0 aromatic heterocycles. The van der Waals surface area contributed by atoms with Crippen LogP contribution < -0.4 is 10.6 Å². The van der Waals surface area contributed by atoms with Crippen LogP contribution in [0.2, 0.25) is 0 Å². The number of rotatable bonds is 4. The number of anilines is 1. The lowest BCUT2D eigenvalue weighted by Gasteiger charge is -2.36. The van der Waals surface area contributed by atoms with Gasteiger partial charge in [-0.05, 0) is 45.4 Å². The first kappa shape index (κ1) is 18.6. The number of piperazine rings is 1. The highest BCUT2D eigenvalue weighted by atomic mass is 19.2. The van der Waals surface area contributed by atoms with E-state index in [1.165, 1.54) is 0 Å². The molecule has 1 aliphatic heterocycles. The number of halogens is 2. The molecule has 0 spiro atoms. The van der Waals surface area contributed by atoms with Crippen molar-refractivity contribution < 1.29 is 18.4 Å². The van der Waals surface area contributed by atoms with Crippen LogP contribution in [0.15, 0.2) is 12.1 Å². The molecule has 1 saturated heterocycles. The zero-order valence-corrected chi connectivity index (χ0v) is 14.4. The summed E-state index contributed by atoms with van der Waals surface area (Å²) in [4.78, 5) is 19.0. The predicted molar refractivity (Wildman–Crippen MR) is 88.4 cm³/mol. The van der Waals surface area contributed by atoms with Crippen molar-refractivity contribution in [3.8, 4) is 0 Å². The molecule has 0 amide bonds. The lowest BCUT2D eigenvalue weighted by Crippen LogP contribution is -2.48. The first-order chi connectivity index (χ1) is 11.2. The molecular formula is C17H25F2N3O2. The Labute approximate surface area is 141 Å². The summed E-state index contributed by atoms with van der Waals surface area (Å²) in [7, 11) is 0. The fraction of sp³-hybridized carbons (Fsp3) is 0.588. The minimum Gasteiger partial charge on any atom is -0.367 e. The van der Waals surface area contributed by atoms with E-state index in [9.17, 15) is 13.6 Å². The molecule has 0 atom stereocenters. The number of carbonyl (C=O) groups excluding carboxylic acids is 1. The standard InChI is InChI=1S/C17H25F2N3O2/c1-17(2,3)16(23)24-22-10-8-21(9-11-22)13-5-4-12(6-7-20)14(18)15(13)19/h4-5H,6-11,20H2,1-3H3. The first-order valence-electron chi connectivity index (χ1n) is 8.13. The van der Waals surface area contributed by atoms with Crippen molar-refractivity contribution in [2.24, 2.45) is 11.1 Å². The van der Waals surface area contributed by atoms with E-state index in [4.69, 9.17) is 10.6 Å². The predicted octanol–water partition coefficient (Wildman–Crippen LogP) is 2.09. The summed E-state index contributed by atoms with van der Waals surface area (Å²) in [6, 6.07) is 3.16. The Balaban J connectivity index is 2.00. The van der Waals surface area contributed by atoms with Crippen molar-refractivity contribution >= 4 is 11.7 Å². The van der Waals surface area contributed by atoms with E-state index in [0.717, 1.165) is 0 Å². The van der Waals surface area contributed by atoms with Crippen molar-refractivity contribution in [3.63, 3.8) is 0 Å². The third kappa shape index (κ3) is 4.21. The molecule has 1 heterocycles. The number of nitrogens with two attached hydrogens (primary N) is 1. The van der Waals surface area contributed by atoms with Crippen molar-refractivity contribution in [2.45, 2.75) is 27.2 Å². The smallest absolute Gasteiger partial charge is 0.330 e. The minimum atomic E-state index is -0.846. The van der Waals surface area contributed by atoms with Gasteiger partial charge in [0.2, 0.25) is 0 Å². The van der Waals surface area contributed by atoms with Gasteiger partial charge >= 0.3 is 5.97 Å². The first-order valence-corrected chi connectivity index (χ1v) is 8.13. The van der Waals surface area contributed by atoms with E-state index in [2.05, 4.69) is 0 Å². The van der Waals surface area contributed by atoms with Crippen LogP contribution in [0.25, 0.3) is 0 Å². The number of carbonyl (C=O) groups is 1. The molecule has 1 fully saturated rings. The summed E-state index contributed by atoms with van der Waals surface area (Å²) in [5, 5.41) is 1.57. The van der Waals surface area contributed by atoms with Gasteiger partial charge in [-0.2, -0.15) is 0 Å². The lowest BCUT2D eigenvalue weighted by molar-refractivity contribution is -0.201. The second-order valence-electron chi connectivity index (χ2n) is 6.96. The van der Waals surface area contributed by atoms with Gasteiger partial charge in [0, 0.05) is 13.1 Å². The SMILES string of the molecule is CC(C)(C)C(=O)ON1CCN(c2ccc(CCN)c(F)c2F)CC1. The van der Waals surface area contributed by atoms with E-state index in [1.807, 2.05) is 0 Å². The molecule has 2 rings (SSSR count). The van der Waals surface area contributed by atoms with Gasteiger partial charge in [0.05, 0.1) is 24.2 Å². The summed E-state index contributed by atoms with van der Waals surface area (Å²) < 4.78 is 28.3. The van der Waals surface area contributed by atoms with Crippen LogP contribution in [0.1, 0.15) is 26.3 Å². The average Bonchev–Trinajstić information content (AvgIpc) is 2.52. The quantitative estimate of drug-likeness (QED) is 0.909. The molecule has 0 saturated carbocycles. The molecule has 2 N–H and O–H groups in total. The van der Waals surface area contributed by atoms with Gasteiger partial charge < -0.3 is 15.5 Å². The Bertz CT molecular complexity index is 594. The van der Waals surface area contributed by atoms with Gasteiger partial charge in [0.15, 0.2) is 11.6 Å². The van der Waals surface area contributed by atoms with Crippen LogP contribution in [0, 0.1) is 17.0 Å². The van der Waals surface area contributed by atoms with Gasteiger partial charge in [0.25, 0.3) is 0 Å². The molecule has 1 aromatic carbocycles. The van der Waals surface area contributed by atoms with E-state index in [0.29, 0.717) is 32.6 Å². The Morgan fingerprint density at radius 3 is 2.33 bits per heavy atom. The Kier molecular flexibility index (Phi) is 5.77. The van der Waals surface area contributed by atoms with Crippen molar-refractivity contribution in [3.05, 3.63) is 29.3 Å². The monoisotopic (exact) mass is 341 g/mol. The molecule has 134 valence electrons. The Hall–Kier alpha value is -1.73. The normalized spacial score (nSPS) is 16.3. The van der Waals surface area contributed by atoms with Gasteiger partial charge in [-0.3, -0.25) is 0 Å². The summed E-state index contributed by atoms with van der Waals surface area (Å²) in [6.07, 6.45) is 0.305. The van der Waals surface area contributed by atoms with Gasteiger partial charge in [-0.25, -0.2) is 13.6 Å². The molecule has 1 aliphatic rings.